The summed E-state index contributed by atoms with van der Waals surface area (Å²) in [6.07, 6.45) is 2.13. The van der Waals surface area contributed by atoms with Crippen LogP contribution in [0, 0.1) is 12.8 Å². The van der Waals surface area contributed by atoms with E-state index in [0.29, 0.717) is 19.1 Å². The summed E-state index contributed by atoms with van der Waals surface area (Å²) in [5.74, 6) is 2.13. The molecule has 1 saturated heterocycles. The molecular formula is C19H31ClNO2-. The molecule has 2 atom stereocenters. The number of nitrogens with zero attached hydrogens (tertiary/aromatic N) is 1. The molecule has 0 radical (unpaired) electrons. The number of aliphatic hydroxyl groups is 1. The Kier molecular flexibility index (Phi) is 8.38. The van der Waals surface area contributed by atoms with Crippen molar-refractivity contribution in [2.45, 2.75) is 52.6 Å². The zero-order chi connectivity index (χ0) is 16.1. The number of piperidine rings is 1. The zero-order valence-electron chi connectivity index (χ0n) is 14.9. The lowest BCUT2D eigenvalue weighted by molar-refractivity contribution is -0.00000777. The van der Waals surface area contributed by atoms with E-state index in [1.807, 2.05) is 6.07 Å². The van der Waals surface area contributed by atoms with Crippen molar-refractivity contribution in [1.82, 2.24) is 4.90 Å². The van der Waals surface area contributed by atoms with Gasteiger partial charge in [0.1, 0.15) is 18.5 Å². The van der Waals surface area contributed by atoms with Crippen LogP contribution in [0.2, 0.25) is 0 Å². The van der Waals surface area contributed by atoms with Crippen molar-refractivity contribution < 1.29 is 22.3 Å². The first-order valence-corrected chi connectivity index (χ1v) is 8.59. The number of aliphatic hydroxyl groups excluding tert-OH is 1. The molecule has 0 aliphatic carbocycles. The van der Waals surface area contributed by atoms with Crippen LogP contribution >= 0.6 is 0 Å². The van der Waals surface area contributed by atoms with E-state index in [2.05, 4.69) is 44.7 Å². The zero-order valence-corrected chi connectivity index (χ0v) is 15.6. The second kappa shape index (κ2) is 9.51. The molecule has 1 aliphatic heterocycles. The van der Waals surface area contributed by atoms with Crippen molar-refractivity contribution in [1.29, 1.82) is 0 Å². The van der Waals surface area contributed by atoms with E-state index in [1.165, 1.54) is 24.0 Å². The maximum atomic E-state index is 10.2. The Labute approximate surface area is 147 Å². The lowest BCUT2D eigenvalue weighted by atomic mass is 9.98. The van der Waals surface area contributed by atoms with Crippen LogP contribution in [0.25, 0.3) is 0 Å². The molecule has 0 spiro atoms. The topological polar surface area (TPSA) is 32.7 Å². The molecule has 3 nitrogen and oxygen atoms in total. The average Bonchev–Trinajstić information content (AvgIpc) is 2.45. The summed E-state index contributed by atoms with van der Waals surface area (Å²) >= 11 is 0. The molecule has 1 aromatic carbocycles. The molecule has 0 saturated carbocycles. The Morgan fingerprint density at radius 2 is 2.09 bits per heavy atom. The van der Waals surface area contributed by atoms with Gasteiger partial charge in [0.15, 0.2) is 0 Å². The minimum Gasteiger partial charge on any atom is -1.00 e. The largest absolute Gasteiger partial charge is 1.00 e. The van der Waals surface area contributed by atoms with Gasteiger partial charge in [0.05, 0.1) is 0 Å². The molecule has 1 aromatic rings. The number of aryl methyl sites for hydroxylation is 1. The van der Waals surface area contributed by atoms with Crippen molar-refractivity contribution in [2.24, 2.45) is 5.92 Å². The van der Waals surface area contributed by atoms with Gasteiger partial charge in [-0.15, -0.1) is 0 Å². The molecule has 2 unspecified atom stereocenters. The highest BCUT2D eigenvalue weighted by molar-refractivity contribution is 5.36. The molecule has 132 valence electrons. The van der Waals surface area contributed by atoms with Crippen LogP contribution in [0.5, 0.6) is 5.75 Å². The van der Waals surface area contributed by atoms with E-state index in [4.69, 9.17) is 4.74 Å². The smallest absolute Gasteiger partial charge is 0.119 e. The predicted octanol–water partition coefficient (Wildman–Crippen LogP) is 0.594. The normalized spacial score (nSPS) is 20.2. The Balaban J connectivity index is 0.00000264. The van der Waals surface area contributed by atoms with Gasteiger partial charge in [0, 0.05) is 13.1 Å². The highest BCUT2D eigenvalue weighted by Crippen LogP contribution is 2.23. The third-order valence-electron chi connectivity index (χ3n) is 4.52. The minimum atomic E-state index is -0.421. The Hall–Kier alpha value is -0.770. The van der Waals surface area contributed by atoms with Crippen molar-refractivity contribution in [3.8, 4) is 5.75 Å². The fourth-order valence-corrected chi connectivity index (χ4v) is 3.38. The molecule has 23 heavy (non-hydrogen) atoms. The molecule has 4 heteroatoms. The second-order valence-corrected chi connectivity index (χ2v) is 7.14. The Morgan fingerprint density at radius 1 is 1.35 bits per heavy atom. The van der Waals surface area contributed by atoms with Crippen LogP contribution in [0.1, 0.15) is 50.7 Å². The number of hydrogen-bond acceptors (Lipinski definition) is 3. The number of ether oxygens (including phenoxy) is 1. The van der Waals surface area contributed by atoms with E-state index in [9.17, 15) is 5.11 Å². The quantitative estimate of drug-likeness (QED) is 0.823. The first kappa shape index (κ1) is 20.3. The third kappa shape index (κ3) is 6.33. The van der Waals surface area contributed by atoms with E-state index in [-0.39, 0.29) is 12.4 Å². The molecule has 0 bridgehead atoms. The summed E-state index contributed by atoms with van der Waals surface area (Å²) in [4.78, 5) is 2.36. The lowest BCUT2D eigenvalue weighted by Gasteiger charge is -2.32. The molecule has 1 fully saturated rings. The van der Waals surface area contributed by atoms with Gasteiger partial charge >= 0.3 is 0 Å². The van der Waals surface area contributed by atoms with Crippen molar-refractivity contribution >= 4 is 0 Å². The molecule has 1 aliphatic rings. The van der Waals surface area contributed by atoms with E-state index in [1.54, 1.807) is 0 Å². The molecule has 0 amide bonds. The van der Waals surface area contributed by atoms with Crippen LogP contribution < -0.4 is 17.1 Å². The van der Waals surface area contributed by atoms with E-state index >= 15 is 0 Å². The van der Waals surface area contributed by atoms with Gasteiger partial charge in [-0.2, -0.15) is 0 Å². The summed E-state index contributed by atoms with van der Waals surface area (Å²) < 4.78 is 5.78. The third-order valence-corrected chi connectivity index (χ3v) is 4.52. The summed E-state index contributed by atoms with van der Waals surface area (Å²) in [6.45, 7) is 12.1. The van der Waals surface area contributed by atoms with Gasteiger partial charge in [0.25, 0.3) is 0 Å². The lowest BCUT2D eigenvalue weighted by Crippen LogP contribution is -3.00. The SMILES string of the molecule is Cc1cc(OCC(O)CN2CCCC(C)C2)ccc1C(C)C.[Cl-]. The number of likely N-dealkylation sites (tertiary alicyclic amines) is 1. The second-order valence-electron chi connectivity index (χ2n) is 7.14. The molecule has 0 aromatic heterocycles. The minimum absolute atomic E-state index is 0. The van der Waals surface area contributed by atoms with Crippen molar-refractivity contribution in [2.75, 3.05) is 26.2 Å². The Bertz CT molecular complexity index is 478. The van der Waals surface area contributed by atoms with Gasteiger partial charge in [0.2, 0.25) is 0 Å². The number of β-amino-alcohol motifs (C(OH)–C–C–N with tert-alkyl or cyclic N) is 1. The summed E-state index contributed by atoms with van der Waals surface area (Å²) in [6, 6.07) is 6.22. The predicted molar refractivity (Wildman–Crippen MR) is 91.6 cm³/mol. The fourth-order valence-electron chi connectivity index (χ4n) is 3.38. The highest BCUT2D eigenvalue weighted by Gasteiger charge is 2.19. The van der Waals surface area contributed by atoms with Crippen LogP contribution in [0.3, 0.4) is 0 Å². The first-order valence-electron chi connectivity index (χ1n) is 8.59. The van der Waals surface area contributed by atoms with Gasteiger partial charge in [-0.05, 0) is 61.4 Å². The van der Waals surface area contributed by atoms with E-state index in [0.717, 1.165) is 24.8 Å². The highest BCUT2D eigenvalue weighted by atomic mass is 35.5. The number of rotatable bonds is 6. The molecule has 2 rings (SSSR count). The maximum absolute atomic E-state index is 10.2. The van der Waals surface area contributed by atoms with Crippen LogP contribution in [-0.4, -0.2) is 42.4 Å². The van der Waals surface area contributed by atoms with Crippen LogP contribution in [-0.2, 0) is 0 Å². The number of hydrogen-bond donors (Lipinski definition) is 1. The van der Waals surface area contributed by atoms with Crippen molar-refractivity contribution in [3.05, 3.63) is 29.3 Å². The number of benzene rings is 1. The number of halogens is 1. The average molecular weight is 341 g/mol. The maximum Gasteiger partial charge on any atom is 0.119 e. The summed E-state index contributed by atoms with van der Waals surface area (Å²) in [7, 11) is 0. The monoisotopic (exact) mass is 340 g/mol. The van der Waals surface area contributed by atoms with Gasteiger partial charge in [-0.25, -0.2) is 0 Å². The van der Waals surface area contributed by atoms with Gasteiger partial charge < -0.3 is 27.2 Å². The fraction of sp³-hybridized carbons (Fsp3) is 0.684. The molecular weight excluding hydrogens is 310 g/mol. The molecule has 1 heterocycles. The summed E-state index contributed by atoms with van der Waals surface area (Å²) in [5.41, 5.74) is 2.61. The molecule has 1 N–H and O–H groups in total. The van der Waals surface area contributed by atoms with Crippen LogP contribution in [0.4, 0.5) is 0 Å². The van der Waals surface area contributed by atoms with E-state index < -0.39 is 6.10 Å². The first-order chi connectivity index (χ1) is 10.5. The Morgan fingerprint density at radius 3 is 2.70 bits per heavy atom. The summed E-state index contributed by atoms with van der Waals surface area (Å²) in [5, 5.41) is 10.2. The van der Waals surface area contributed by atoms with Gasteiger partial charge in [-0.3, -0.25) is 0 Å². The van der Waals surface area contributed by atoms with Crippen LogP contribution in [0.15, 0.2) is 18.2 Å². The van der Waals surface area contributed by atoms with Gasteiger partial charge in [-0.1, -0.05) is 26.8 Å². The van der Waals surface area contributed by atoms with Crippen molar-refractivity contribution in [3.63, 3.8) is 0 Å². The standard InChI is InChI=1S/C19H31NO2.ClH/c1-14(2)19-8-7-18(10-16(19)4)22-13-17(21)12-20-9-5-6-15(3)11-20;/h7-8,10,14-15,17,21H,5-6,9,11-13H2,1-4H3;1H/p-1.